The first-order chi connectivity index (χ1) is 12.5. The largest absolute Gasteiger partial charge is 0.354 e. The Balaban J connectivity index is 1.29. The van der Waals surface area contributed by atoms with E-state index in [0.29, 0.717) is 17.8 Å². The highest BCUT2D eigenvalue weighted by Crippen LogP contribution is 2.60. The van der Waals surface area contributed by atoms with Crippen LogP contribution in [0.3, 0.4) is 0 Å². The molecule has 1 aromatic carbocycles. The molecule has 0 spiro atoms. The van der Waals surface area contributed by atoms with Crippen LogP contribution < -0.4 is 10.6 Å². The third-order valence-electron chi connectivity index (χ3n) is 6.41. The van der Waals surface area contributed by atoms with Crippen molar-refractivity contribution in [2.45, 2.75) is 38.5 Å². The van der Waals surface area contributed by atoms with Gasteiger partial charge in [0, 0.05) is 18.5 Å². The van der Waals surface area contributed by atoms with E-state index in [0.717, 1.165) is 31.4 Å². The van der Waals surface area contributed by atoms with Crippen LogP contribution >= 0.6 is 0 Å². The molecule has 4 fully saturated rings. The molecule has 1 aromatic rings. The van der Waals surface area contributed by atoms with Gasteiger partial charge < -0.3 is 10.6 Å². The lowest BCUT2D eigenvalue weighted by molar-refractivity contribution is -0.146. The van der Waals surface area contributed by atoms with E-state index in [4.69, 9.17) is 0 Å². The lowest BCUT2D eigenvalue weighted by Crippen LogP contribution is -2.54. The Bertz CT molecular complexity index is 679. The summed E-state index contributed by atoms with van der Waals surface area (Å²) in [5.74, 6) is -0.421. The molecule has 5 rings (SSSR count). The zero-order valence-corrected chi connectivity index (χ0v) is 14.7. The quantitative estimate of drug-likeness (QED) is 0.791. The van der Waals surface area contributed by atoms with Gasteiger partial charge in [-0.15, -0.1) is 0 Å². The summed E-state index contributed by atoms with van der Waals surface area (Å²) in [6.07, 6.45) is 6.78. The molecular weight excluding hydrogens is 338 g/mol. The second kappa shape index (κ2) is 6.63. The molecule has 0 radical (unpaired) electrons. The van der Waals surface area contributed by atoms with Crippen molar-refractivity contribution < 1.29 is 18.4 Å². The van der Waals surface area contributed by atoms with Crippen LogP contribution in [0.4, 0.5) is 8.78 Å². The number of rotatable bonds is 5. The number of halogens is 2. The minimum atomic E-state index is -0.889. The highest BCUT2D eigenvalue weighted by atomic mass is 19.1. The molecule has 4 bridgehead atoms. The third-order valence-corrected chi connectivity index (χ3v) is 6.41. The molecule has 140 valence electrons. The number of hydrogen-bond acceptors (Lipinski definition) is 2. The van der Waals surface area contributed by atoms with Crippen molar-refractivity contribution in [2.75, 3.05) is 13.1 Å². The summed E-state index contributed by atoms with van der Waals surface area (Å²) in [7, 11) is 0. The van der Waals surface area contributed by atoms with Crippen molar-refractivity contribution >= 4 is 11.8 Å². The number of nitrogens with one attached hydrogen (secondary N) is 2. The Labute approximate surface area is 151 Å². The van der Waals surface area contributed by atoms with E-state index in [-0.39, 0.29) is 24.4 Å². The van der Waals surface area contributed by atoms with E-state index in [1.807, 2.05) is 0 Å². The number of hydrogen-bond donors (Lipinski definition) is 2. The van der Waals surface area contributed by atoms with E-state index >= 15 is 0 Å². The molecule has 4 nitrogen and oxygen atoms in total. The molecule has 0 saturated heterocycles. The highest BCUT2D eigenvalue weighted by molar-refractivity contribution is 5.94. The van der Waals surface area contributed by atoms with Crippen LogP contribution in [-0.4, -0.2) is 24.9 Å². The Kier molecular flexibility index (Phi) is 4.45. The fraction of sp³-hybridized carbons (Fsp3) is 0.600. The average molecular weight is 362 g/mol. The summed E-state index contributed by atoms with van der Waals surface area (Å²) in [4.78, 5) is 24.7. The predicted octanol–water partition coefficient (Wildman–Crippen LogP) is 3.03. The number of carbonyl (C=O) groups excluding carboxylic acids is 2. The van der Waals surface area contributed by atoms with E-state index < -0.39 is 23.1 Å². The van der Waals surface area contributed by atoms with Gasteiger partial charge in [0.05, 0.1) is 0 Å². The van der Waals surface area contributed by atoms with Gasteiger partial charge in [-0.05, 0) is 68.4 Å². The number of benzene rings is 1. The van der Waals surface area contributed by atoms with E-state index in [1.54, 1.807) is 0 Å². The molecule has 26 heavy (non-hydrogen) atoms. The second-order valence-corrected chi connectivity index (χ2v) is 8.31. The normalized spacial score (nSPS) is 31.7. The first-order valence-electron chi connectivity index (χ1n) is 9.47. The van der Waals surface area contributed by atoms with Crippen LogP contribution in [0.1, 0.15) is 48.9 Å². The molecule has 0 atom stereocenters. The van der Waals surface area contributed by atoms with Gasteiger partial charge in [-0.3, -0.25) is 9.59 Å². The number of amides is 2. The van der Waals surface area contributed by atoms with Gasteiger partial charge in [-0.25, -0.2) is 8.78 Å². The van der Waals surface area contributed by atoms with Crippen molar-refractivity contribution in [1.29, 1.82) is 0 Å². The summed E-state index contributed by atoms with van der Waals surface area (Å²) in [6, 6.07) is 3.31. The van der Waals surface area contributed by atoms with Crippen LogP contribution in [-0.2, 0) is 4.79 Å². The fourth-order valence-electron chi connectivity index (χ4n) is 5.73. The summed E-state index contributed by atoms with van der Waals surface area (Å²) < 4.78 is 27.2. The van der Waals surface area contributed by atoms with Crippen molar-refractivity contribution in [3.8, 4) is 0 Å². The van der Waals surface area contributed by atoms with Crippen molar-refractivity contribution in [1.82, 2.24) is 10.6 Å². The maximum atomic E-state index is 13.6. The van der Waals surface area contributed by atoms with Gasteiger partial charge in [0.25, 0.3) is 5.91 Å². The Morgan fingerprint density at radius 1 is 0.923 bits per heavy atom. The molecule has 2 N–H and O–H groups in total. The molecule has 0 heterocycles. The molecule has 0 aromatic heterocycles. The minimum Gasteiger partial charge on any atom is -0.354 e. The van der Waals surface area contributed by atoms with Gasteiger partial charge in [-0.2, -0.15) is 0 Å². The predicted molar refractivity (Wildman–Crippen MR) is 92.3 cm³/mol. The Hall–Kier alpha value is -1.98. The van der Waals surface area contributed by atoms with E-state index in [2.05, 4.69) is 10.6 Å². The topological polar surface area (TPSA) is 58.2 Å². The maximum Gasteiger partial charge on any atom is 0.257 e. The van der Waals surface area contributed by atoms with Gasteiger partial charge in [-0.1, -0.05) is 6.07 Å². The first-order valence-corrected chi connectivity index (χ1v) is 9.47. The summed E-state index contributed by atoms with van der Waals surface area (Å²) in [5, 5.41) is 5.41. The second-order valence-electron chi connectivity index (χ2n) is 8.31. The molecule has 4 aliphatic carbocycles. The summed E-state index contributed by atoms with van der Waals surface area (Å²) >= 11 is 0. The molecule has 4 aliphatic rings. The molecule has 6 heteroatoms. The van der Waals surface area contributed by atoms with Crippen molar-refractivity contribution in [3.05, 3.63) is 35.4 Å². The van der Waals surface area contributed by atoms with Crippen LogP contribution in [0.2, 0.25) is 0 Å². The zero-order valence-electron chi connectivity index (χ0n) is 14.7. The SMILES string of the molecule is O=C(NCCNC(=O)C12CC3CC(CC(C3)C1)C2)c1c(F)cccc1F. The molecular formula is C20H24F2N2O2. The van der Waals surface area contributed by atoms with Crippen molar-refractivity contribution in [3.63, 3.8) is 0 Å². The fourth-order valence-corrected chi connectivity index (χ4v) is 5.73. The Morgan fingerprint density at radius 2 is 1.42 bits per heavy atom. The van der Waals surface area contributed by atoms with Gasteiger partial charge in [0.2, 0.25) is 5.91 Å². The highest BCUT2D eigenvalue weighted by Gasteiger charge is 2.54. The average Bonchev–Trinajstić information content (AvgIpc) is 2.57. The van der Waals surface area contributed by atoms with Crippen LogP contribution in [0.25, 0.3) is 0 Å². The van der Waals surface area contributed by atoms with Crippen LogP contribution in [0, 0.1) is 34.8 Å². The lowest BCUT2D eigenvalue weighted by Gasteiger charge is -2.55. The molecule has 4 saturated carbocycles. The van der Waals surface area contributed by atoms with E-state index in [1.165, 1.54) is 25.3 Å². The third kappa shape index (κ3) is 3.10. The van der Waals surface area contributed by atoms with Crippen LogP contribution in [0.5, 0.6) is 0 Å². The molecule has 2 amide bonds. The van der Waals surface area contributed by atoms with Gasteiger partial charge in [0.1, 0.15) is 17.2 Å². The van der Waals surface area contributed by atoms with Gasteiger partial charge in [0.15, 0.2) is 0 Å². The zero-order chi connectivity index (χ0) is 18.3. The lowest BCUT2D eigenvalue weighted by atomic mass is 9.49. The van der Waals surface area contributed by atoms with Crippen LogP contribution in [0.15, 0.2) is 18.2 Å². The van der Waals surface area contributed by atoms with E-state index in [9.17, 15) is 18.4 Å². The minimum absolute atomic E-state index is 0.0860. The Morgan fingerprint density at radius 3 is 1.96 bits per heavy atom. The standard InChI is InChI=1S/C20H24F2N2O2/c21-15-2-1-3-16(22)17(15)18(25)23-4-5-24-19(26)20-9-12-6-13(10-20)8-14(7-12)11-20/h1-3,12-14H,4-11H2,(H,23,25)(H,24,26). The summed E-state index contributed by atoms with van der Waals surface area (Å²) in [5.41, 5.74) is -0.809. The maximum absolute atomic E-state index is 13.6. The molecule has 0 unspecified atom stereocenters. The van der Waals surface area contributed by atoms with Gasteiger partial charge >= 0.3 is 0 Å². The molecule has 0 aliphatic heterocycles. The number of carbonyl (C=O) groups is 2. The first kappa shape index (κ1) is 17.4. The smallest absolute Gasteiger partial charge is 0.257 e. The monoisotopic (exact) mass is 362 g/mol. The summed E-state index contributed by atoms with van der Waals surface area (Å²) in [6.45, 7) is 0.410. The van der Waals surface area contributed by atoms with Crippen molar-refractivity contribution in [2.24, 2.45) is 23.2 Å².